The van der Waals surface area contributed by atoms with Crippen LogP contribution in [0.25, 0.3) is 0 Å². The van der Waals surface area contributed by atoms with Gasteiger partial charge in [-0.25, -0.2) is 0 Å². The molecule has 0 amide bonds. The van der Waals surface area contributed by atoms with E-state index in [1.807, 2.05) is 0 Å². The summed E-state index contributed by atoms with van der Waals surface area (Å²) >= 11 is 0. The van der Waals surface area contributed by atoms with Gasteiger partial charge in [0.2, 0.25) is 0 Å². The second-order valence-corrected chi connectivity index (χ2v) is 4.54. The zero-order valence-electron chi connectivity index (χ0n) is 8.79. The minimum Gasteiger partial charge on any atom is -0.461 e. The third-order valence-electron chi connectivity index (χ3n) is 3.36. The van der Waals surface area contributed by atoms with E-state index in [2.05, 4.69) is 12.2 Å². The van der Waals surface area contributed by atoms with Crippen LogP contribution in [0.15, 0.2) is 0 Å². The van der Waals surface area contributed by atoms with Crippen molar-refractivity contribution in [2.24, 2.45) is 5.92 Å². The van der Waals surface area contributed by atoms with Crippen LogP contribution in [0.1, 0.15) is 39.0 Å². The Morgan fingerprint density at radius 3 is 2.64 bits per heavy atom. The van der Waals surface area contributed by atoms with Crippen molar-refractivity contribution in [1.82, 2.24) is 5.32 Å². The van der Waals surface area contributed by atoms with Crippen molar-refractivity contribution in [3.63, 3.8) is 0 Å². The number of hydrogen-bond donors (Lipinski definition) is 1. The van der Waals surface area contributed by atoms with Crippen LogP contribution in [0.2, 0.25) is 0 Å². The van der Waals surface area contributed by atoms with Gasteiger partial charge in [0.15, 0.2) is 0 Å². The largest absolute Gasteiger partial charge is 0.461 e. The quantitative estimate of drug-likeness (QED) is 0.681. The molecule has 2 aliphatic rings. The minimum absolute atomic E-state index is 0.0260. The number of esters is 1. The molecule has 1 aliphatic carbocycles. The van der Waals surface area contributed by atoms with Crippen molar-refractivity contribution in [1.29, 1.82) is 0 Å². The zero-order valence-corrected chi connectivity index (χ0v) is 8.79. The van der Waals surface area contributed by atoms with E-state index in [0.717, 1.165) is 25.8 Å². The third kappa shape index (κ3) is 2.08. The number of carbonyl (C=O) groups excluding carboxylic acids is 1. The Hall–Kier alpha value is -0.570. The number of hydrogen-bond acceptors (Lipinski definition) is 3. The van der Waals surface area contributed by atoms with Gasteiger partial charge in [0.1, 0.15) is 12.1 Å². The topological polar surface area (TPSA) is 38.3 Å². The molecule has 2 atom stereocenters. The molecule has 0 aromatic carbocycles. The van der Waals surface area contributed by atoms with E-state index in [-0.39, 0.29) is 18.1 Å². The fourth-order valence-corrected chi connectivity index (χ4v) is 2.09. The maximum Gasteiger partial charge on any atom is 0.323 e. The lowest BCUT2D eigenvalue weighted by Crippen LogP contribution is -2.48. The van der Waals surface area contributed by atoms with Crippen LogP contribution in [0.4, 0.5) is 0 Å². The summed E-state index contributed by atoms with van der Waals surface area (Å²) in [5.41, 5.74) is 0. The maximum absolute atomic E-state index is 11.7. The molecule has 2 rings (SSSR count). The van der Waals surface area contributed by atoms with E-state index in [9.17, 15) is 4.79 Å². The number of ether oxygens (including phenoxy) is 1. The molecule has 3 heteroatoms. The zero-order chi connectivity index (χ0) is 9.97. The van der Waals surface area contributed by atoms with Crippen LogP contribution in [-0.4, -0.2) is 24.7 Å². The van der Waals surface area contributed by atoms with E-state index >= 15 is 0 Å². The highest BCUT2D eigenvalue weighted by molar-refractivity contribution is 5.76. The Labute approximate surface area is 85.2 Å². The molecule has 2 unspecified atom stereocenters. The van der Waals surface area contributed by atoms with Crippen LogP contribution in [0, 0.1) is 5.92 Å². The fraction of sp³-hybridized carbons (Fsp3) is 0.909. The summed E-state index contributed by atoms with van der Waals surface area (Å²) in [4.78, 5) is 11.7. The first-order valence-electron chi connectivity index (χ1n) is 5.71. The van der Waals surface area contributed by atoms with Gasteiger partial charge in [0, 0.05) is 0 Å². The monoisotopic (exact) mass is 197 g/mol. The molecule has 1 heterocycles. The lowest BCUT2D eigenvalue weighted by atomic mass is 9.92. The lowest BCUT2D eigenvalue weighted by molar-refractivity contribution is -0.157. The molecule has 1 N–H and O–H groups in total. The van der Waals surface area contributed by atoms with E-state index in [1.165, 1.54) is 12.8 Å². The molecular formula is C11H19NO2. The van der Waals surface area contributed by atoms with Gasteiger partial charge in [0.25, 0.3) is 0 Å². The number of rotatable bonds is 2. The van der Waals surface area contributed by atoms with Gasteiger partial charge in [-0.2, -0.15) is 0 Å². The van der Waals surface area contributed by atoms with Gasteiger partial charge in [-0.15, -0.1) is 0 Å². The molecular weight excluding hydrogens is 178 g/mol. The summed E-state index contributed by atoms with van der Waals surface area (Å²) in [7, 11) is 0. The maximum atomic E-state index is 11.7. The van der Waals surface area contributed by atoms with Crippen LogP contribution in [0.5, 0.6) is 0 Å². The standard InChI is InChI=1S/C11H19NO2/c1-8-4-3-7-12-10(8)11(13)14-9-5-2-6-9/h8-10,12H,2-7H2,1H3. The molecule has 1 aliphatic heterocycles. The highest BCUT2D eigenvalue weighted by Crippen LogP contribution is 2.24. The van der Waals surface area contributed by atoms with Gasteiger partial charge >= 0.3 is 5.97 Å². The first-order chi connectivity index (χ1) is 6.77. The van der Waals surface area contributed by atoms with Crippen molar-refractivity contribution in [2.45, 2.75) is 51.2 Å². The molecule has 1 saturated heterocycles. The number of carbonyl (C=O) groups is 1. The van der Waals surface area contributed by atoms with E-state index in [0.29, 0.717) is 5.92 Å². The molecule has 14 heavy (non-hydrogen) atoms. The average molecular weight is 197 g/mol. The van der Waals surface area contributed by atoms with Gasteiger partial charge in [0.05, 0.1) is 0 Å². The van der Waals surface area contributed by atoms with Crippen molar-refractivity contribution in [2.75, 3.05) is 6.54 Å². The average Bonchev–Trinajstić information content (AvgIpc) is 2.12. The number of piperidine rings is 1. The normalized spacial score (nSPS) is 33.5. The summed E-state index contributed by atoms with van der Waals surface area (Å²) in [6.07, 6.45) is 5.87. The Balaban J connectivity index is 1.82. The second-order valence-electron chi connectivity index (χ2n) is 4.54. The summed E-state index contributed by atoms with van der Waals surface area (Å²) < 4.78 is 5.39. The minimum atomic E-state index is -0.0515. The van der Waals surface area contributed by atoms with Gasteiger partial charge in [-0.1, -0.05) is 6.92 Å². The SMILES string of the molecule is CC1CCCNC1C(=O)OC1CCC1. The van der Waals surface area contributed by atoms with Gasteiger partial charge in [-0.05, 0) is 44.6 Å². The predicted molar refractivity (Wildman–Crippen MR) is 53.9 cm³/mol. The Morgan fingerprint density at radius 2 is 2.07 bits per heavy atom. The van der Waals surface area contributed by atoms with E-state index in [1.54, 1.807) is 0 Å². The Bertz CT molecular complexity index is 213. The molecule has 3 nitrogen and oxygen atoms in total. The van der Waals surface area contributed by atoms with E-state index < -0.39 is 0 Å². The molecule has 80 valence electrons. The molecule has 0 radical (unpaired) electrons. The first kappa shape index (κ1) is 9.97. The molecule has 1 saturated carbocycles. The summed E-state index contributed by atoms with van der Waals surface area (Å²) in [5.74, 6) is 0.401. The first-order valence-corrected chi connectivity index (χ1v) is 5.71. The smallest absolute Gasteiger partial charge is 0.323 e. The molecule has 0 aromatic rings. The predicted octanol–water partition coefficient (Wildman–Crippen LogP) is 1.47. The third-order valence-corrected chi connectivity index (χ3v) is 3.36. The van der Waals surface area contributed by atoms with E-state index in [4.69, 9.17) is 4.74 Å². The second kappa shape index (κ2) is 4.30. The summed E-state index contributed by atoms with van der Waals surface area (Å²) in [6, 6.07) is -0.0515. The van der Waals surface area contributed by atoms with Crippen molar-refractivity contribution >= 4 is 5.97 Å². The number of nitrogens with one attached hydrogen (secondary N) is 1. The van der Waals surface area contributed by atoms with Crippen LogP contribution in [-0.2, 0) is 9.53 Å². The van der Waals surface area contributed by atoms with Crippen molar-refractivity contribution in [3.8, 4) is 0 Å². The van der Waals surface area contributed by atoms with Crippen molar-refractivity contribution < 1.29 is 9.53 Å². The summed E-state index contributed by atoms with van der Waals surface area (Å²) in [5, 5.41) is 3.25. The highest BCUT2D eigenvalue weighted by atomic mass is 16.5. The molecule has 2 fully saturated rings. The highest BCUT2D eigenvalue weighted by Gasteiger charge is 2.31. The molecule has 0 spiro atoms. The van der Waals surface area contributed by atoms with Crippen LogP contribution in [0.3, 0.4) is 0 Å². The Morgan fingerprint density at radius 1 is 1.29 bits per heavy atom. The van der Waals surface area contributed by atoms with Crippen LogP contribution < -0.4 is 5.32 Å². The molecule has 0 aromatic heterocycles. The fourth-order valence-electron chi connectivity index (χ4n) is 2.09. The van der Waals surface area contributed by atoms with Gasteiger partial charge in [-0.3, -0.25) is 4.79 Å². The molecule has 0 bridgehead atoms. The van der Waals surface area contributed by atoms with Crippen molar-refractivity contribution in [3.05, 3.63) is 0 Å². The Kier molecular flexibility index (Phi) is 3.06. The van der Waals surface area contributed by atoms with Crippen LogP contribution >= 0.6 is 0 Å². The van der Waals surface area contributed by atoms with Gasteiger partial charge < -0.3 is 10.1 Å². The summed E-state index contributed by atoms with van der Waals surface area (Å²) in [6.45, 7) is 3.08. The lowest BCUT2D eigenvalue weighted by Gasteiger charge is -2.32.